The number of aromatic amines is 1. The van der Waals surface area contributed by atoms with Crippen molar-refractivity contribution in [3.05, 3.63) is 63.8 Å². The summed E-state index contributed by atoms with van der Waals surface area (Å²) >= 11 is 6.20. The fraction of sp³-hybridized carbons (Fsp3) is 0.217. The lowest BCUT2D eigenvalue weighted by atomic mass is 10.0. The quantitative estimate of drug-likeness (QED) is 0.335. The highest BCUT2D eigenvalue weighted by Gasteiger charge is 2.26. The van der Waals surface area contributed by atoms with Gasteiger partial charge in [0.1, 0.15) is 13.5 Å². The number of nitriles is 1. The molecule has 5 nitrogen and oxygen atoms in total. The third-order valence-electron chi connectivity index (χ3n) is 4.83. The molecule has 1 aromatic heterocycles. The Morgan fingerprint density at radius 1 is 1.30 bits per heavy atom. The molecule has 0 saturated carbocycles. The van der Waals surface area contributed by atoms with Gasteiger partial charge in [-0.05, 0) is 67.3 Å². The molecule has 0 aliphatic carbocycles. The van der Waals surface area contributed by atoms with Gasteiger partial charge in [0, 0.05) is 27.3 Å². The third kappa shape index (κ3) is 4.21. The molecule has 0 aliphatic heterocycles. The van der Waals surface area contributed by atoms with Crippen molar-refractivity contribution >= 4 is 53.0 Å². The number of H-pyrrole nitrogens is 1. The summed E-state index contributed by atoms with van der Waals surface area (Å²) in [4.78, 5) is 15.7. The predicted octanol–water partition coefficient (Wildman–Crippen LogP) is 4.92. The number of esters is 1. The molecule has 1 N–H and O–H groups in total. The SMILES string of the molecule is CCOC(=O)c1[nH]c2ccc(Cl)cc2c1[PH](=O)c1cc(C)cc(/C=C/C#N)c1CC. The molecular formula is C23H22ClN2O3P. The summed E-state index contributed by atoms with van der Waals surface area (Å²) in [5, 5.41) is 11.2. The Hall–Kier alpha value is -2.80. The van der Waals surface area contributed by atoms with Gasteiger partial charge in [-0.25, -0.2) is 4.79 Å². The fourth-order valence-corrected chi connectivity index (χ4v) is 5.85. The largest absolute Gasteiger partial charge is 0.461 e. The predicted molar refractivity (Wildman–Crippen MR) is 123 cm³/mol. The standard InChI is InChI=1S/C23H22ClN2O3P/c1-4-17-15(7-6-10-25)11-14(3)12-20(17)30(28)22-18-13-16(24)8-9-19(18)26-21(22)23(27)29-5-2/h6-9,11-13,26,30H,4-5H2,1-3H3/b7-6+. The van der Waals surface area contributed by atoms with E-state index in [1.165, 1.54) is 6.08 Å². The third-order valence-corrected chi connectivity index (χ3v) is 6.98. The van der Waals surface area contributed by atoms with Crippen molar-refractivity contribution in [3.63, 3.8) is 0 Å². The van der Waals surface area contributed by atoms with Crippen molar-refractivity contribution in [2.75, 3.05) is 6.61 Å². The van der Waals surface area contributed by atoms with Crippen molar-refractivity contribution in [1.29, 1.82) is 5.26 Å². The summed E-state index contributed by atoms with van der Waals surface area (Å²) < 4.78 is 19.1. The number of allylic oxidation sites excluding steroid dienone is 1. The van der Waals surface area contributed by atoms with Crippen LogP contribution >= 0.6 is 19.4 Å². The first-order chi connectivity index (χ1) is 14.4. The van der Waals surface area contributed by atoms with Crippen molar-refractivity contribution in [2.24, 2.45) is 0 Å². The van der Waals surface area contributed by atoms with E-state index in [1.807, 2.05) is 32.0 Å². The Kier molecular flexibility index (Phi) is 6.82. The monoisotopic (exact) mass is 440 g/mol. The molecule has 154 valence electrons. The van der Waals surface area contributed by atoms with Crippen molar-refractivity contribution in [3.8, 4) is 6.07 Å². The van der Waals surface area contributed by atoms with Crippen LogP contribution in [0, 0.1) is 18.3 Å². The summed E-state index contributed by atoms with van der Waals surface area (Å²) in [6.07, 6.45) is 3.77. The molecule has 7 heteroatoms. The number of nitrogens with one attached hydrogen (secondary N) is 1. The highest BCUT2D eigenvalue weighted by molar-refractivity contribution is 7.62. The van der Waals surface area contributed by atoms with Crippen molar-refractivity contribution in [1.82, 2.24) is 4.98 Å². The van der Waals surface area contributed by atoms with E-state index in [2.05, 4.69) is 4.98 Å². The van der Waals surface area contributed by atoms with Crippen LogP contribution in [0.15, 0.2) is 36.4 Å². The van der Waals surface area contributed by atoms with E-state index in [0.717, 1.165) is 16.7 Å². The molecule has 0 bridgehead atoms. The second-order valence-corrected chi connectivity index (χ2v) is 8.94. The summed E-state index contributed by atoms with van der Waals surface area (Å²) in [6, 6.07) is 11.0. The number of ether oxygens (including phenoxy) is 1. The smallest absolute Gasteiger partial charge is 0.355 e. The molecule has 0 aliphatic rings. The minimum Gasteiger partial charge on any atom is -0.461 e. The van der Waals surface area contributed by atoms with Crippen LogP contribution in [0.25, 0.3) is 17.0 Å². The lowest BCUT2D eigenvalue weighted by Crippen LogP contribution is -2.19. The van der Waals surface area contributed by atoms with Gasteiger partial charge in [0.05, 0.1) is 18.0 Å². The van der Waals surface area contributed by atoms with Gasteiger partial charge in [-0.15, -0.1) is 0 Å². The topological polar surface area (TPSA) is 83.0 Å². The molecule has 3 aromatic rings. The first-order valence-electron chi connectivity index (χ1n) is 9.63. The normalized spacial score (nSPS) is 12.2. The van der Waals surface area contributed by atoms with Gasteiger partial charge in [0.25, 0.3) is 0 Å². The van der Waals surface area contributed by atoms with Gasteiger partial charge in [0.2, 0.25) is 0 Å². The van der Waals surface area contributed by atoms with Gasteiger partial charge in [-0.3, -0.25) is 0 Å². The van der Waals surface area contributed by atoms with Gasteiger partial charge < -0.3 is 14.3 Å². The number of aromatic nitrogens is 1. The van der Waals surface area contributed by atoms with Crippen LogP contribution in [0.2, 0.25) is 5.02 Å². The molecule has 0 spiro atoms. The van der Waals surface area contributed by atoms with E-state index >= 15 is 0 Å². The molecular weight excluding hydrogens is 419 g/mol. The maximum Gasteiger partial charge on any atom is 0.355 e. The number of rotatable bonds is 6. The van der Waals surface area contributed by atoms with E-state index < -0.39 is 13.8 Å². The van der Waals surface area contributed by atoms with Crippen LogP contribution in [0.5, 0.6) is 0 Å². The Bertz CT molecular complexity index is 1220. The first kappa shape index (κ1) is 21.9. The zero-order valence-electron chi connectivity index (χ0n) is 17.0. The van der Waals surface area contributed by atoms with E-state index in [9.17, 15) is 9.36 Å². The Labute approximate surface area is 181 Å². The minimum absolute atomic E-state index is 0.190. The average Bonchev–Trinajstić information content (AvgIpc) is 3.10. The molecule has 0 amide bonds. The summed E-state index contributed by atoms with van der Waals surface area (Å²) in [5.74, 6) is -0.548. The Morgan fingerprint density at radius 2 is 2.07 bits per heavy atom. The maximum absolute atomic E-state index is 13.9. The number of fused-ring (bicyclic) bond motifs is 1. The lowest BCUT2D eigenvalue weighted by Gasteiger charge is -2.14. The molecule has 30 heavy (non-hydrogen) atoms. The van der Waals surface area contributed by atoms with E-state index in [0.29, 0.717) is 33.0 Å². The van der Waals surface area contributed by atoms with Crippen molar-refractivity contribution < 1.29 is 14.1 Å². The number of hydrogen-bond donors (Lipinski definition) is 1. The number of aryl methyl sites for hydroxylation is 1. The first-order valence-corrected chi connectivity index (χ1v) is 11.4. The molecule has 0 fully saturated rings. The molecule has 1 unspecified atom stereocenters. The van der Waals surface area contributed by atoms with Crippen LogP contribution in [0.1, 0.15) is 41.0 Å². The van der Waals surface area contributed by atoms with Gasteiger partial charge in [-0.1, -0.05) is 24.6 Å². The Balaban J connectivity index is 2.30. The molecule has 1 heterocycles. The average molecular weight is 441 g/mol. The van der Waals surface area contributed by atoms with Crippen molar-refractivity contribution in [2.45, 2.75) is 27.2 Å². The summed E-state index contributed by atoms with van der Waals surface area (Å²) in [7, 11) is -2.60. The second-order valence-electron chi connectivity index (χ2n) is 6.81. The highest BCUT2D eigenvalue weighted by atomic mass is 35.5. The molecule has 1 atom stereocenters. The molecule has 0 radical (unpaired) electrons. The lowest BCUT2D eigenvalue weighted by molar-refractivity contribution is 0.0522. The molecule has 2 aromatic carbocycles. The molecule has 0 saturated heterocycles. The van der Waals surface area contributed by atoms with Gasteiger partial charge in [-0.2, -0.15) is 5.26 Å². The maximum atomic E-state index is 13.9. The van der Waals surface area contributed by atoms with Crippen LogP contribution in [0.3, 0.4) is 0 Å². The van der Waals surface area contributed by atoms with Crippen LogP contribution in [-0.2, 0) is 15.7 Å². The fourth-order valence-electron chi connectivity index (χ4n) is 3.61. The van der Waals surface area contributed by atoms with Crippen LogP contribution in [-0.4, -0.2) is 17.6 Å². The minimum atomic E-state index is -2.60. The summed E-state index contributed by atoms with van der Waals surface area (Å²) in [5.41, 5.74) is 3.53. The number of halogens is 1. The van der Waals surface area contributed by atoms with Crippen LogP contribution < -0.4 is 10.6 Å². The van der Waals surface area contributed by atoms with Crippen LogP contribution in [0.4, 0.5) is 0 Å². The number of hydrogen-bond acceptors (Lipinski definition) is 4. The van der Waals surface area contributed by atoms with Gasteiger partial charge in [0.15, 0.2) is 0 Å². The Morgan fingerprint density at radius 3 is 2.73 bits per heavy atom. The zero-order valence-corrected chi connectivity index (χ0v) is 18.8. The number of nitrogens with zero attached hydrogens (tertiary/aromatic N) is 1. The second kappa shape index (κ2) is 9.34. The van der Waals surface area contributed by atoms with Gasteiger partial charge >= 0.3 is 5.97 Å². The molecule has 3 rings (SSSR count). The van der Waals surface area contributed by atoms with E-state index in [1.54, 1.807) is 31.2 Å². The van der Waals surface area contributed by atoms with E-state index in [4.69, 9.17) is 21.6 Å². The number of benzene rings is 2. The zero-order chi connectivity index (χ0) is 21.8. The summed E-state index contributed by atoms with van der Waals surface area (Å²) in [6.45, 7) is 5.83. The van der Waals surface area contributed by atoms with E-state index in [-0.39, 0.29) is 12.3 Å². The number of carbonyl (C=O) groups excluding carboxylic acids is 1. The number of carbonyl (C=O) groups is 1. The highest BCUT2D eigenvalue weighted by Crippen LogP contribution is 2.32.